The molecule has 0 aromatic rings. The maximum Gasteiger partial charge on any atom is 0.309 e. The molecule has 0 heterocycles. The third kappa shape index (κ3) is 10.1. The first kappa shape index (κ1) is 24.8. The zero-order valence-corrected chi connectivity index (χ0v) is 16.5. The quantitative estimate of drug-likeness (QED) is 0.181. The summed E-state index contributed by atoms with van der Waals surface area (Å²) in [5, 5.41) is 31.5. The molecule has 0 spiro atoms. The Kier molecular flexibility index (Phi) is 11.7. The molecule has 0 fully saturated rings. The first-order chi connectivity index (χ1) is 12.0. The summed E-state index contributed by atoms with van der Waals surface area (Å²) >= 11 is 5.29. The van der Waals surface area contributed by atoms with E-state index in [1.165, 1.54) is 6.92 Å². The van der Waals surface area contributed by atoms with Crippen molar-refractivity contribution in [1.29, 1.82) is 0 Å². The van der Waals surface area contributed by atoms with Crippen LogP contribution in [0.4, 0.5) is 0 Å². The summed E-state index contributed by atoms with van der Waals surface area (Å²) in [5.74, 6) is -2.74. The predicted octanol–water partition coefficient (Wildman–Crippen LogP) is -1.19. The molecule has 1 unspecified atom stereocenters. The van der Waals surface area contributed by atoms with Crippen molar-refractivity contribution in [3.63, 3.8) is 0 Å². The number of carbonyl (C=O) groups excluding carboxylic acids is 1. The summed E-state index contributed by atoms with van der Waals surface area (Å²) in [5.41, 5.74) is 11.0. The maximum atomic E-state index is 11.4. The third-order valence-corrected chi connectivity index (χ3v) is 4.53. The van der Waals surface area contributed by atoms with Crippen molar-refractivity contribution in [1.82, 2.24) is 10.0 Å². The Hall–Kier alpha value is -1.17. The summed E-state index contributed by atoms with van der Waals surface area (Å²) < 4.78 is 0. The lowest BCUT2D eigenvalue weighted by Gasteiger charge is -2.33. The molecule has 7 N–H and O–H groups in total. The molecular weight excluding hydrogens is 360 g/mol. The molecule has 0 saturated heterocycles. The fourth-order valence-electron chi connectivity index (χ4n) is 2.65. The fourth-order valence-corrected chi connectivity index (χ4v) is 3.07. The number of nitrogens with two attached hydrogens (primary N) is 2. The van der Waals surface area contributed by atoms with Crippen LogP contribution in [0.15, 0.2) is 0 Å². The number of aliphatic carboxylic acids is 1. The molecule has 0 radical (unpaired) electrons. The van der Waals surface area contributed by atoms with Crippen molar-refractivity contribution in [2.24, 2.45) is 23.3 Å². The summed E-state index contributed by atoms with van der Waals surface area (Å²) in [6, 6.07) is -0.388. The van der Waals surface area contributed by atoms with E-state index in [1.807, 2.05) is 24.1 Å². The van der Waals surface area contributed by atoms with Crippen LogP contribution in [0.3, 0.4) is 0 Å². The van der Waals surface area contributed by atoms with Crippen LogP contribution in [-0.2, 0) is 9.59 Å². The highest BCUT2D eigenvalue weighted by Crippen LogP contribution is 2.18. The molecule has 26 heavy (non-hydrogen) atoms. The topological polar surface area (TPSA) is 153 Å². The van der Waals surface area contributed by atoms with E-state index in [1.54, 1.807) is 0 Å². The molecule has 1 amide bonds. The minimum atomic E-state index is -1.11. The number of primary amides is 1. The van der Waals surface area contributed by atoms with Crippen molar-refractivity contribution in [2.75, 3.05) is 33.8 Å². The van der Waals surface area contributed by atoms with Crippen molar-refractivity contribution in [2.45, 2.75) is 38.3 Å². The molecule has 0 aromatic carbocycles. The van der Waals surface area contributed by atoms with E-state index in [9.17, 15) is 14.7 Å². The van der Waals surface area contributed by atoms with Gasteiger partial charge in [0.25, 0.3) is 0 Å². The van der Waals surface area contributed by atoms with Gasteiger partial charge in [0, 0.05) is 39.6 Å². The van der Waals surface area contributed by atoms with Crippen molar-refractivity contribution in [3.8, 4) is 0 Å². The number of carboxylic acids is 1. The van der Waals surface area contributed by atoms with Gasteiger partial charge in [-0.3, -0.25) is 9.59 Å². The molecule has 0 aliphatic rings. The second kappa shape index (κ2) is 12.3. The molecule has 0 rings (SSSR count). The molecular formula is C16H32N4O5S. The zero-order chi connectivity index (χ0) is 20.4. The van der Waals surface area contributed by atoms with Crippen molar-refractivity contribution < 1.29 is 24.9 Å². The number of aliphatic hydroxyl groups excluding tert-OH is 2. The van der Waals surface area contributed by atoms with E-state index < -0.39 is 23.9 Å². The third-order valence-electron chi connectivity index (χ3n) is 4.19. The number of hydrogen-bond donors (Lipinski definition) is 5. The standard InChI is InChI=1S/C16H32N4O5S/c1-10(22)14(16(24)25)6-13(26)4-11(5-15(18)23)7-19(2)20(3)8-12(17)9-21/h10-12,14,21-22H,4-9,17H2,1-3H3,(H2,18,23)(H,24,25)/t10?,11-,12+,14-/m0/s1. The Bertz CT molecular complexity index is 478. The highest BCUT2D eigenvalue weighted by atomic mass is 32.1. The van der Waals surface area contributed by atoms with Crippen molar-refractivity contribution in [3.05, 3.63) is 0 Å². The molecule has 0 aliphatic heterocycles. The Labute approximate surface area is 159 Å². The van der Waals surface area contributed by atoms with Gasteiger partial charge in [-0.2, -0.15) is 0 Å². The normalized spacial score (nSPS) is 16.3. The Morgan fingerprint density at radius 3 is 2.08 bits per heavy atom. The van der Waals surface area contributed by atoms with Gasteiger partial charge in [0.2, 0.25) is 5.91 Å². The second-order valence-corrected chi connectivity index (χ2v) is 7.37. The maximum absolute atomic E-state index is 11.4. The van der Waals surface area contributed by atoms with Crippen LogP contribution in [0.1, 0.15) is 26.2 Å². The van der Waals surface area contributed by atoms with Gasteiger partial charge in [-0.1, -0.05) is 12.2 Å². The first-order valence-corrected chi connectivity index (χ1v) is 8.88. The zero-order valence-electron chi connectivity index (χ0n) is 15.7. The van der Waals surface area contributed by atoms with E-state index in [2.05, 4.69) is 0 Å². The molecule has 0 aliphatic carbocycles. The number of nitrogens with zero attached hydrogens (tertiary/aromatic N) is 2. The van der Waals surface area contributed by atoms with E-state index in [-0.39, 0.29) is 31.4 Å². The van der Waals surface area contributed by atoms with E-state index >= 15 is 0 Å². The number of hydrogen-bond acceptors (Lipinski definition) is 8. The van der Waals surface area contributed by atoms with Crippen LogP contribution in [0, 0.1) is 11.8 Å². The van der Waals surface area contributed by atoms with Gasteiger partial charge < -0.3 is 26.8 Å². The molecule has 9 nitrogen and oxygen atoms in total. The lowest BCUT2D eigenvalue weighted by Crippen LogP contribution is -2.47. The smallest absolute Gasteiger partial charge is 0.309 e. The minimum absolute atomic E-state index is 0.0620. The van der Waals surface area contributed by atoms with Crippen LogP contribution in [0.2, 0.25) is 0 Å². The lowest BCUT2D eigenvalue weighted by molar-refractivity contribution is -0.144. The molecule has 0 aromatic heterocycles. The molecule has 4 atom stereocenters. The van der Waals surface area contributed by atoms with Gasteiger partial charge in [-0.05, 0) is 30.5 Å². The highest BCUT2D eigenvalue weighted by Gasteiger charge is 2.26. The number of amides is 1. The number of carboxylic acid groups (broad SMARTS) is 1. The summed E-state index contributed by atoms with van der Waals surface area (Å²) in [6.07, 6.45) is -0.503. The Balaban J connectivity index is 4.85. The SMILES string of the molecule is CC(O)[C@H](CC(=S)C[C@@H](CC(N)=O)CN(C)N(C)C[C@@H](N)CO)C(=O)O. The van der Waals surface area contributed by atoms with E-state index in [4.69, 9.17) is 33.9 Å². The van der Waals surface area contributed by atoms with E-state index in [0.29, 0.717) is 24.4 Å². The Morgan fingerprint density at radius 2 is 1.65 bits per heavy atom. The van der Waals surface area contributed by atoms with Crippen LogP contribution in [0.25, 0.3) is 0 Å². The number of likely N-dealkylation sites (N-methyl/N-ethyl adjacent to an activating group) is 1. The largest absolute Gasteiger partial charge is 0.481 e. The van der Waals surface area contributed by atoms with Gasteiger partial charge in [0.05, 0.1) is 18.6 Å². The minimum Gasteiger partial charge on any atom is -0.481 e. The first-order valence-electron chi connectivity index (χ1n) is 8.47. The van der Waals surface area contributed by atoms with Crippen LogP contribution in [0.5, 0.6) is 0 Å². The Morgan fingerprint density at radius 1 is 1.12 bits per heavy atom. The van der Waals surface area contributed by atoms with Crippen molar-refractivity contribution >= 4 is 29.0 Å². The predicted molar refractivity (Wildman–Crippen MR) is 102 cm³/mol. The summed E-state index contributed by atoms with van der Waals surface area (Å²) in [6.45, 7) is 2.17. The van der Waals surface area contributed by atoms with Gasteiger partial charge >= 0.3 is 5.97 Å². The number of aliphatic hydroxyl groups is 2. The lowest BCUT2D eigenvalue weighted by atomic mass is 9.91. The average Bonchev–Trinajstić information content (AvgIpc) is 2.50. The monoisotopic (exact) mass is 392 g/mol. The molecule has 0 bridgehead atoms. The van der Waals surface area contributed by atoms with Gasteiger partial charge in [-0.15, -0.1) is 0 Å². The summed E-state index contributed by atoms with van der Waals surface area (Å²) in [4.78, 5) is 23.0. The highest BCUT2D eigenvalue weighted by molar-refractivity contribution is 7.80. The number of hydrazine groups is 1. The molecule has 0 saturated carbocycles. The van der Waals surface area contributed by atoms with Crippen LogP contribution >= 0.6 is 12.2 Å². The number of rotatable bonds is 14. The molecule has 10 heteroatoms. The molecule has 152 valence electrons. The summed E-state index contributed by atoms with van der Waals surface area (Å²) in [7, 11) is 3.63. The van der Waals surface area contributed by atoms with E-state index in [0.717, 1.165) is 0 Å². The van der Waals surface area contributed by atoms with Crippen LogP contribution < -0.4 is 11.5 Å². The second-order valence-electron chi connectivity index (χ2n) is 6.79. The average molecular weight is 393 g/mol. The van der Waals surface area contributed by atoms with Gasteiger partial charge in [0.1, 0.15) is 0 Å². The van der Waals surface area contributed by atoms with Crippen LogP contribution in [-0.4, -0.2) is 88.0 Å². The van der Waals surface area contributed by atoms with Gasteiger partial charge in [-0.25, -0.2) is 10.0 Å². The number of thiocarbonyl (C=S) groups is 1. The fraction of sp³-hybridized carbons (Fsp3) is 0.812. The van der Waals surface area contributed by atoms with Gasteiger partial charge in [0.15, 0.2) is 0 Å². The number of carbonyl (C=O) groups is 2.